The van der Waals surface area contributed by atoms with Crippen molar-refractivity contribution < 1.29 is 29.0 Å². The van der Waals surface area contributed by atoms with Gasteiger partial charge in [-0.15, -0.1) is 0 Å². The Bertz CT molecular complexity index is 888. The van der Waals surface area contributed by atoms with Gasteiger partial charge in [0.2, 0.25) is 0 Å². The maximum absolute atomic E-state index is 12.6. The highest BCUT2D eigenvalue weighted by Crippen LogP contribution is 2.25. The van der Waals surface area contributed by atoms with Crippen LogP contribution in [0.15, 0.2) is 48.5 Å². The molecule has 29 heavy (non-hydrogen) atoms. The van der Waals surface area contributed by atoms with Crippen molar-refractivity contribution in [3.05, 3.63) is 59.7 Å². The molecule has 0 atom stereocenters. The standard InChI is InChI=1S/C21H22N2O6/c1-28-17-4-2-3-5-18(17)29-14-19(24)22-10-12-23(13-11-22)20(25)15-6-8-16(9-7-15)21(26)27/h2-9H,10-14H2,1H3,(H,26,27). The lowest BCUT2D eigenvalue weighted by Gasteiger charge is -2.34. The van der Waals surface area contributed by atoms with Crippen LogP contribution in [0.4, 0.5) is 0 Å². The fourth-order valence-corrected chi connectivity index (χ4v) is 3.07. The van der Waals surface area contributed by atoms with Crippen LogP contribution >= 0.6 is 0 Å². The van der Waals surface area contributed by atoms with Crippen molar-refractivity contribution >= 4 is 17.8 Å². The minimum atomic E-state index is -1.04. The summed E-state index contributed by atoms with van der Waals surface area (Å²) in [6.07, 6.45) is 0. The Morgan fingerprint density at radius 3 is 2.00 bits per heavy atom. The molecule has 0 aromatic heterocycles. The van der Waals surface area contributed by atoms with Crippen molar-refractivity contribution in [2.24, 2.45) is 0 Å². The van der Waals surface area contributed by atoms with Crippen LogP contribution in [0.3, 0.4) is 0 Å². The second-order valence-corrected chi connectivity index (χ2v) is 6.50. The number of rotatable bonds is 6. The first-order valence-electron chi connectivity index (χ1n) is 9.16. The summed E-state index contributed by atoms with van der Waals surface area (Å²) < 4.78 is 10.8. The van der Waals surface area contributed by atoms with Gasteiger partial charge in [0.05, 0.1) is 12.7 Å². The molecule has 3 rings (SSSR count). The molecule has 8 nitrogen and oxygen atoms in total. The maximum Gasteiger partial charge on any atom is 0.335 e. The molecule has 0 aliphatic carbocycles. The Kier molecular flexibility index (Phi) is 6.33. The van der Waals surface area contributed by atoms with E-state index < -0.39 is 5.97 Å². The second-order valence-electron chi connectivity index (χ2n) is 6.50. The van der Waals surface area contributed by atoms with E-state index in [0.717, 1.165) is 0 Å². The van der Waals surface area contributed by atoms with Crippen LogP contribution in [0.25, 0.3) is 0 Å². The lowest BCUT2D eigenvalue weighted by molar-refractivity contribution is -0.134. The van der Waals surface area contributed by atoms with E-state index in [9.17, 15) is 14.4 Å². The van der Waals surface area contributed by atoms with Crippen LogP contribution in [0.1, 0.15) is 20.7 Å². The fraction of sp³-hybridized carbons (Fsp3) is 0.286. The van der Waals surface area contributed by atoms with E-state index >= 15 is 0 Å². The van der Waals surface area contributed by atoms with Gasteiger partial charge in [0, 0.05) is 31.7 Å². The van der Waals surface area contributed by atoms with Crippen LogP contribution in [0, 0.1) is 0 Å². The Morgan fingerprint density at radius 1 is 0.862 bits per heavy atom. The Hall–Kier alpha value is -3.55. The van der Waals surface area contributed by atoms with Gasteiger partial charge in [-0.3, -0.25) is 9.59 Å². The molecule has 0 unspecified atom stereocenters. The first-order valence-corrected chi connectivity index (χ1v) is 9.16. The topological polar surface area (TPSA) is 96.4 Å². The molecule has 1 saturated heterocycles. The highest BCUT2D eigenvalue weighted by atomic mass is 16.5. The number of piperazine rings is 1. The Labute approximate surface area is 168 Å². The monoisotopic (exact) mass is 398 g/mol. The largest absolute Gasteiger partial charge is 0.493 e. The smallest absolute Gasteiger partial charge is 0.335 e. The molecule has 0 spiro atoms. The maximum atomic E-state index is 12.6. The van der Waals surface area contributed by atoms with E-state index in [2.05, 4.69) is 0 Å². The molecule has 1 heterocycles. The van der Waals surface area contributed by atoms with Gasteiger partial charge in [-0.25, -0.2) is 4.79 Å². The molecule has 2 aromatic carbocycles. The van der Waals surface area contributed by atoms with Gasteiger partial charge in [-0.2, -0.15) is 0 Å². The number of aromatic carboxylic acids is 1. The molecule has 8 heteroatoms. The number of hydrogen-bond donors (Lipinski definition) is 1. The molecule has 0 radical (unpaired) electrons. The Morgan fingerprint density at radius 2 is 1.41 bits per heavy atom. The molecular weight excluding hydrogens is 376 g/mol. The van der Waals surface area contributed by atoms with E-state index in [1.54, 1.807) is 28.0 Å². The third-order valence-electron chi connectivity index (χ3n) is 4.72. The SMILES string of the molecule is COc1ccccc1OCC(=O)N1CCN(C(=O)c2ccc(C(=O)O)cc2)CC1. The number of para-hydroxylation sites is 2. The van der Waals surface area contributed by atoms with Gasteiger partial charge >= 0.3 is 5.97 Å². The third kappa shape index (κ3) is 4.84. The quantitative estimate of drug-likeness (QED) is 0.797. The summed E-state index contributed by atoms with van der Waals surface area (Å²) in [5.41, 5.74) is 0.557. The second kappa shape index (κ2) is 9.09. The summed E-state index contributed by atoms with van der Waals surface area (Å²) in [6.45, 7) is 1.52. The zero-order valence-corrected chi connectivity index (χ0v) is 16.0. The summed E-state index contributed by atoms with van der Waals surface area (Å²) in [7, 11) is 1.54. The van der Waals surface area contributed by atoms with Crippen molar-refractivity contribution in [1.82, 2.24) is 9.80 Å². The minimum Gasteiger partial charge on any atom is -0.493 e. The van der Waals surface area contributed by atoms with Crippen LogP contribution in [-0.2, 0) is 4.79 Å². The minimum absolute atomic E-state index is 0.106. The summed E-state index contributed by atoms with van der Waals surface area (Å²) in [5, 5.41) is 8.94. The number of carboxylic acids is 1. The van der Waals surface area contributed by atoms with Gasteiger partial charge < -0.3 is 24.4 Å². The number of benzene rings is 2. The number of methoxy groups -OCH3 is 1. The predicted octanol–water partition coefficient (Wildman–Crippen LogP) is 1.76. The zero-order chi connectivity index (χ0) is 20.8. The zero-order valence-electron chi connectivity index (χ0n) is 16.0. The first-order chi connectivity index (χ1) is 14.0. The average molecular weight is 398 g/mol. The number of carbonyl (C=O) groups is 3. The van der Waals surface area contributed by atoms with Crippen LogP contribution < -0.4 is 9.47 Å². The van der Waals surface area contributed by atoms with Crippen molar-refractivity contribution in [2.75, 3.05) is 39.9 Å². The summed E-state index contributed by atoms with van der Waals surface area (Å²) >= 11 is 0. The number of carbonyl (C=O) groups excluding carboxylic acids is 2. The van der Waals surface area contributed by atoms with Gasteiger partial charge in [0.25, 0.3) is 11.8 Å². The molecule has 1 fully saturated rings. The van der Waals surface area contributed by atoms with Crippen LogP contribution in [0.5, 0.6) is 11.5 Å². The van der Waals surface area contributed by atoms with Crippen molar-refractivity contribution in [3.8, 4) is 11.5 Å². The molecule has 0 saturated carbocycles. The van der Waals surface area contributed by atoms with Gasteiger partial charge in [-0.1, -0.05) is 12.1 Å². The molecule has 2 amide bonds. The molecule has 1 N–H and O–H groups in total. The van der Waals surface area contributed by atoms with Crippen molar-refractivity contribution in [1.29, 1.82) is 0 Å². The molecule has 2 aromatic rings. The number of hydrogen-bond acceptors (Lipinski definition) is 5. The van der Waals surface area contributed by atoms with Gasteiger partial charge in [0.1, 0.15) is 0 Å². The molecule has 1 aliphatic heterocycles. The molecular formula is C21H22N2O6. The highest BCUT2D eigenvalue weighted by molar-refractivity contribution is 5.96. The number of amides is 2. The Balaban J connectivity index is 1.51. The molecule has 152 valence electrons. The van der Waals surface area contributed by atoms with E-state index in [1.807, 2.05) is 6.07 Å². The lowest BCUT2D eigenvalue weighted by atomic mass is 10.1. The first kappa shape index (κ1) is 20.2. The number of carboxylic acid groups (broad SMARTS) is 1. The van der Waals surface area contributed by atoms with Crippen molar-refractivity contribution in [3.63, 3.8) is 0 Å². The third-order valence-corrected chi connectivity index (χ3v) is 4.72. The summed E-state index contributed by atoms with van der Waals surface area (Å²) in [4.78, 5) is 39.2. The number of nitrogens with zero attached hydrogens (tertiary/aromatic N) is 2. The van der Waals surface area contributed by atoms with E-state index in [4.69, 9.17) is 14.6 Å². The van der Waals surface area contributed by atoms with Crippen LogP contribution in [0.2, 0.25) is 0 Å². The predicted molar refractivity (Wildman–Crippen MR) is 104 cm³/mol. The highest BCUT2D eigenvalue weighted by Gasteiger charge is 2.25. The summed E-state index contributed by atoms with van der Waals surface area (Å²) in [6, 6.07) is 12.9. The average Bonchev–Trinajstić information content (AvgIpc) is 2.77. The van der Waals surface area contributed by atoms with Crippen LogP contribution in [-0.4, -0.2) is 72.6 Å². The fourth-order valence-electron chi connectivity index (χ4n) is 3.07. The van der Waals surface area contributed by atoms with Gasteiger partial charge in [-0.05, 0) is 36.4 Å². The molecule has 1 aliphatic rings. The normalized spacial score (nSPS) is 13.7. The van der Waals surface area contributed by atoms with Crippen molar-refractivity contribution in [2.45, 2.75) is 0 Å². The summed E-state index contributed by atoms with van der Waals surface area (Å²) in [5.74, 6) is -0.314. The van der Waals surface area contributed by atoms with E-state index in [1.165, 1.54) is 31.4 Å². The number of ether oxygens (including phenoxy) is 2. The lowest BCUT2D eigenvalue weighted by Crippen LogP contribution is -2.51. The van der Waals surface area contributed by atoms with E-state index in [-0.39, 0.29) is 24.0 Å². The van der Waals surface area contributed by atoms with Gasteiger partial charge in [0.15, 0.2) is 18.1 Å². The molecule has 0 bridgehead atoms. The van der Waals surface area contributed by atoms with E-state index in [0.29, 0.717) is 43.2 Å².